The Kier molecular flexibility index (Phi) is 3.19. The Hall–Kier alpha value is -1.55. The predicted octanol–water partition coefficient (Wildman–Crippen LogP) is 3.61. The summed E-state index contributed by atoms with van der Waals surface area (Å²) in [6.07, 6.45) is 2.07. The van der Waals surface area contributed by atoms with Gasteiger partial charge in [0, 0.05) is 16.7 Å². The van der Waals surface area contributed by atoms with Crippen LogP contribution in [0.15, 0.2) is 39.6 Å². The lowest BCUT2D eigenvalue weighted by molar-refractivity contribution is 0.721. The van der Waals surface area contributed by atoms with Crippen LogP contribution in [0.5, 0.6) is 0 Å². The summed E-state index contributed by atoms with van der Waals surface area (Å²) in [4.78, 5) is 12.4. The van der Waals surface area contributed by atoms with E-state index in [1.165, 1.54) is 11.3 Å². The van der Waals surface area contributed by atoms with E-state index in [1.54, 1.807) is 0 Å². The molecule has 1 aliphatic heterocycles. The van der Waals surface area contributed by atoms with Crippen molar-refractivity contribution in [3.8, 4) is 0 Å². The highest BCUT2D eigenvalue weighted by atomic mass is 79.9. The lowest BCUT2D eigenvalue weighted by Gasteiger charge is -2.12. The zero-order valence-corrected chi connectivity index (χ0v) is 12.3. The first-order valence-electron chi connectivity index (χ1n) is 6.41. The Labute approximate surface area is 120 Å². The lowest BCUT2D eigenvalue weighted by Crippen LogP contribution is -2.22. The maximum atomic E-state index is 12.4. The molecule has 0 spiro atoms. The number of halogens is 1. The Morgan fingerprint density at radius 2 is 2.05 bits per heavy atom. The van der Waals surface area contributed by atoms with Gasteiger partial charge in [-0.3, -0.25) is 4.79 Å². The van der Waals surface area contributed by atoms with Crippen LogP contribution in [0.4, 0.5) is 11.4 Å². The third kappa shape index (κ3) is 2.21. The van der Waals surface area contributed by atoms with Crippen molar-refractivity contribution in [2.24, 2.45) is 0 Å². The van der Waals surface area contributed by atoms with Crippen molar-refractivity contribution in [2.75, 3.05) is 5.32 Å². The van der Waals surface area contributed by atoms with Crippen molar-refractivity contribution in [3.05, 3.63) is 56.4 Å². The number of hydrogen-bond acceptors (Lipinski definition) is 2. The number of rotatable bonds is 2. The topological polar surface area (TPSA) is 34.0 Å². The zero-order chi connectivity index (χ0) is 13.4. The molecule has 4 heteroatoms. The highest BCUT2D eigenvalue weighted by molar-refractivity contribution is 9.10. The molecular formula is C15H15BrN2O. The van der Waals surface area contributed by atoms with E-state index in [0.29, 0.717) is 5.69 Å². The molecule has 1 aromatic heterocycles. The number of anilines is 2. The monoisotopic (exact) mass is 318 g/mol. The molecule has 0 saturated heterocycles. The number of hydrogen-bond donors (Lipinski definition) is 1. The number of pyridine rings is 1. The molecular weight excluding hydrogens is 304 g/mol. The van der Waals surface area contributed by atoms with E-state index < -0.39 is 0 Å². The van der Waals surface area contributed by atoms with Gasteiger partial charge >= 0.3 is 0 Å². The van der Waals surface area contributed by atoms with Crippen molar-refractivity contribution in [2.45, 2.75) is 26.3 Å². The Morgan fingerprint density at radius 3 is 2.84 bits per heavy atom. The van der Waals surface area contributed by atoms with E-state index in [2.05, 4.69) is 28.2 Å². The summed E-state index contributed by atoms with van der Waals surface area (Å²) in [5.41, 5.74) is 4.01. The molecule has 19 heavy (non-hydrogen) atoms. The molecule has 0 unspecified atom stereocenters. The van der Waals surface area contributed by atoms with Gasteiger partial charge in [0.15, 0.2) is 0 Å². The highest BCUT2D eigenvalue weighted by Gasteiger charge is 2.17. The third-order valence-corrected chi connectivity index (χ3v) is 4.25. The van der Waals surface area contributed by atoms with Gasteiger partial charge in [0.05, 0.1) is 5.69 Å². The molecule has 0 saturated carbocycles. The second-order valence-electron chi connectivity index (χ2n) is 4.85. The third-order valence-electron chi connectivity index (χ3n) is 3.56. The fourth-order valence-electron chi connectivity index (χ4n) is 2.61. The first kappa shape index (κ1) is 12.5. The van der Waals surface area contributed by atoms with Crippen LogP contribution in [-0.2, 0) is 13.0 Å². The molecule has 3 rings (SSSR count). The van der Waals surface area contributed by atoms with Crippen LogP contribution < -0.4 is 10.9 Å². The van der Waals surface area contributed by atoms with Crippen molar-refractivity contribution in [1.82, 2.24) is 4.57 Å². The van der Waals surface area contributed by atoms with E-state index >= 15 is 0 Å². The van der Waals surface area contributed by atoms with Gasteiger partial charge in [-0.15, -0.1) is 0 Å². The van der Waals surface area contributed by atoms with Gasteiger partial charge in [0.2, 0.25) is 0 Å². The first-order chi connectivity index (χ1) is 9.16. The van der Waals surface area contributed by atoms with Gasteiger partial charge in [0.1, 0.15) is 5.69 Å². The number of fused-ring (bicyclic) bond motifs is 1. The van der Waals surface area contributed by atoms with Gasteiger partial charge in [-0.05, 0) is 59.5 Å². The minimum atomic E-state index is 0.0776. The number of para-hydroxylation sites is 1. The van der Waals surface area contributed by atoms with Crippen LogP contribution in [0.2, 0.25) is 0 Å². The summed E-state index contributed by atoms with van der Waals surface area (Å²) in [5.74, 6) is 0. The molecule has 0 aliphatic carbocycles. The highest BCUT2D eigenvalue weighted by Crippen LogP contribution is 2.25. The van der Waals surface area contributed by atoms with Crippen LogP contribution in [0.1, 0.15) is 17.7 Å². The molecule has 2 aromatic rings. The molecule has 98 valence electrons. The number of aromatic nitrogens is 1. The average molecular weight is 319 g/mol. The molecule has 2 heterocycles. The zero-order valence-electron chi connectivity index (χ0n) is 10.7. The van der Waals surface area contributed by atoms with E-state index in [9.17, 15) is 4.79 Å². The van der Waals surface area contributed by atoms with Crippen LogP contribution in [0.3, 0.4) is 0 Å². The van der Waals surface area contributed by atoms with Crippen LogP contribution in [0, 0.1) is 6.92 Å². The van der Waals surface area contributed by atoms with E-state index in [1.807, 2.05) is 34.9 Å². The molecule has 3 nitrogen and oxygen atoms in total. The van der Waals surface area contributed by atoms with Crippen molar-refractivity contribution in [1.29, 1.82) is 0 Å². The summed E-state index contributed by atoms with van der Waals surface area (Å²) in [5, 5.41) is 3.23. The van der Waals surface area contributed by atoms with E-state index in [4.69, 9.17) is 0 Å². The standard InChI is InChI=1S/C15H15BrN2O/c1-10-9-13(15(19)18-8-4-7-14(10)18)17-12-6-3-2-5-11(12)16/h2-3,5-6,9,17H,4,7-8H2,1H3. The van der Waals surface area contributed by atoms with E-state index in [0.717, 1.165) is 29.5 Å². The smallest absolute Gasteiger partial charge is 0.274 e. The number of nitrogens with one attached hydrogen (secondary N) is 1. The fourth-order valence-corrected chi connectivity index (χ4v) is 3.00. The molecule has 0 amide bonds. The largest absolute Gasteiger partial charge is 0.350 e. The normalized spacial score (nSPS) is 13.4. The van der Waals surface area contributed by atoms with Gasteiger partial charge in [-0.1, -0.05) is 12.1 Å². The average Bonchev–Trinajstić information content (AvgIpc) is 2.88. The van der Waals surface area contributed by atoms with E-state index in [-0.39, 0.29) is 5.56 Å². The maximum absolute atomic E-state index is 12.4. The minimum Gasteiger partial charge on any atom is -0.350 e. The van der Waals surface area contributed by atoms with Crippen molar-refractivity contribution < 1.29 is 0 Å². The molecule has 1 N–H and O–H groups in total. The van der Waals surface area contributed by atoms with Gasteiger partial charge in [-0.2, -0.15) is 0 Å². The quantitative estimate of drug-likeness (QED) is 0.917. The molecule has 0 atom stereocenters. The number of nitrogens with zero attached hydrogens (tertiary/aromatic N) is 1. The second kappa shape index (κ2) is 4.85. The lowest BCUT2D eigenvalue weighted by atomic mass is 10.1. The Morgan fingerprint density at radius 1 is 1.26 bits per heavy atom. The summed E-state index contributed by atoms with van der Waals surface area (Å²) < 4.78 is 2.85. The molecule has 0 radical (unpaired) electrons. The Bertz CT molecular complexity index is 691. The van der Waals surface area contributed by atoms with Gasteiger partial charge in [-0.25, -0.2) is 0 Å². The maximum Gasteiger partial charge on any atom is 0.274 e. The number of aryl methyl sites for hydroxylation is 1. The summed E-state index contributed by atoms with van der Waals surface area (Å²) in [6.45, 7) is 2.91. The summed E-state index contributed by atoms with van der Waals surface area (Å²) in [6, 6.07) is 9.77. The SMILES string of the molecule is Cc1cc(Nc2ccccc2Br)c(=O)n2c1CCC2. The summed E-state index contributed by atoms with van der Waals surface area (Å²) >= 11 is 3.49. The van der Waals surface area contributed by atoms with Crippen LogP contribution in [-0.4, -0.2) is 4.57 Å². The van der Waals surface area contributed by atoms with Crippen LogP contribution >= 0.6 is 15.9 Å². The van der Waals surface area contributed by atoms with Crippen molar-refractivity contribution >= 4 is 27.3 Å². The molecule has 1 aliphatic rings. The van der Waals surface area contributed by atoms with Crippen molar-refractivity contribution in [3.63, 3.8) is 0 Å². The minimum absolute atomic E-state index is 0.0776. The van der Waals surface area contributed by atoms with Gasteiger partial charge in [0.25, 0.3) is 5.56 Å². The predicted molar refractivity (Wildman–Crippen MR) is 81.2 cm³/mol. The summed E-state index contributed by atoms with van der Waals surface area (Å²) in [7, 11) is 0. The van der Waals surface area contributed by atoms with Crippen LogP contribution in [0.25, 0.3) is 0 Å². The molecule has 0 fully saturated rings. The molecule has 0 bridgehead atoms. The number of benzene rings is 1. The second-order valence-corrected chi connectivity index (χ2v) is 5.71. The Balaban J connectivity index is 2.06. The van der Waals surface area contributed by atoms with Gasteiger partial charge < -0.3 is 9.88 Å². The molecule has 1 aromatic carbocycles. The first-order valence-corrected chi connectivity index (χ1v) is 7.21. The fraction of sp³-hybridized carbons (Fsp3) is 0.267.